The largest absolute Gasteiger partial charge is 0.482 e. The number of rotatable bonds is 7. The third-order valence-corrected chi connectivity index (χ3v) is 3.22. The first kappa shape index (κ1) is 16.3. The molecule has 0 saturated heterocycles. The van der Waals surface area contributed by atoms with Crippen molar-refractivity contribution in [3.63, 3.8) is 0 Å². The topological polar surface area (TPSA) is 81.6 Å². The van der Waals surface area contributed by atoms with Gasteiger partial charge in [0.15, 0.2) is 6.61 Å². The minimum absolute atomic E-state index is 0.190. The van der Waals surface area contributed by atoms with Crippen LogP contribution in [0.3, 0.4) is 0 Å². The van der Waals surface area contributed by atoms with Gasteiger partial charge >= 0.3 is 0 Å². The number of carbonyl (C=O) groups excluding carboxylic acids is 1. The van der Waals surface area contributed by atoms with E-state index >= 15 is 0 Å². The van der Waals surface area contributed by atoms with Gasteiger partial charge in [0.25, 0.3) is 5.91 Å². The highest BCUT2D eigenvalue weighted by Crippen LogP contribution is 2.26. The zero-order chi connectivity index (χ0) is 16.1. The van der Waals surface area contributed by atoms with Crippen LogP contribution in [-0.4, -0.2) is 29.6 Å². The Labute approximate surface area is 133 Å². The highest BCUT2D eigenvalue weighted by molar-refractivity contribution is 6.32. The average Bonchev–Trinajstić information content (AvgIpc) is 2.82. The summed E-state index contributed by atoms with van der Waals surface area (Å²) < 4.78 is 10.3. The van der Waals surface area contributed by atoms with Crippen LogP contribution in [0.2, 0.25) is 5.02 Å². The number of amides is 1. The van der Waals surface area contributed by atoms with Crippen molar-refractivity contribution in [3.05, 3.63) is 46.3 Å². The van der Waals surface area contributed by atoms with Crippen LogP contribution in [0.4, 0.5) is 0 Å². The minimum atomic E-state index is -0.539. The van der Waals surface area contributed by atoms with Gasteiger partial charge < -0.3 is 15.0 Å². The van der Waals surface area contributed by atoms with Crippen LogP contribution in [-0.2, 0) is 17.9 Å². The van der Waals surface area contributed by atoms with Crippen LogP contribution in [0.5, 0.6) is 5.75 Å². The molecule has 0 aliphatic rings. The van der Waals surface area contributed by atoms with E-state index < -0.39 is 5.91 Å². The zero-order valence-electron chi connectivity index (χ0n) is 12.5. The predicted molar refractivity (Wildman–Crippen MR) is 82.6 cm³/mol. The number of hydrogen-bond acceptors (Lipinski definition) is 5. The minimum Gasteiger partial charge on any atom is -0.482 e. The van der Waals surface area contributed by atoms with E-state index in [1.165, 1.54) is 0 Å². The molecule has 1 aromatic heterocycles. The van der Waals surface area contributed by atoms with Crippen molar-refractivity contribution >= 4 is 17.5 Å². The molecule has 0 bridgehead atoms. The first-order chi connectivity index (χ1) is 10.4. The Kier molecular flexibility index (Phi) is 5.41. The van der Waals surface area contributed by atoms with Crippen LogP contribution >= 0.6 is 11.6 Å². The number of aromatic nitrogens is 1. The number of benzene rings is 1. The zero-order valence-corrected chi connectivity index (χ0v) is 13.3. The SMILES string of the molecule is Cc1cc(CN(C)Cc2ccc(OCC(N)=O)c(Cl)c2)no1. The molecule has 0 fully saturated rings. The van der Waals surface area contributed by atoms with Crippen LogP contribution in [0.1, 0.15) is 17.0 Å². The molecule has 2 rings (SSSR count). The molecule has 1 amide bonds. The molecule has 2 N–H and O–H groups in total. The van der Waals surface area contributed by atoms with Gasteiger partial charge in [0.1, 0.15) is 11.5 Å². The van der Waals surface area contributed by atoms with Gasteiger partial charge in [-0.2, -0.15) is 0 Å². The molecular weight excluding hydrogens is 306 g/mol. The summed E-state index contributed by atoms with van der Waals surface area (Å²) in [5, 5.41) is 4.41. The van der Waals surface area contributed by atoms with Crippen molar-refractivity contribution in [1.29, 1.82) is 0 Å². The van der Waals surface area contributed by atoms with Gasteiger partial charge in [-0.1, -0.05) is 22.8 Å². The Balaban J connectivity index is 1.94. The number of nitrogens with two attached hydrogens (primary N) is 1. The quantitative estimate of drug-likeness (QED) is 0.844. The molecule has 1 heterocycles. The fraction of sp³-hybridized carbons (Fsp3) is 0.333. The number of primary amides is 1. The molecule has 0 aliphatic carbocycles. The fourth-order valence-corrected chi connectivity index (χ4v) is 2.30. The lowest BCUT2D eigenvalue weighted by molar-refractivity contribution is -0.119. The smallest absolute Gasteiger partial charge is 0.255 e. The summed E-state index contributed by atoms with van der Waals surface area (Å²) in [6.07, 6.45) is 0. The second-order valence-corrected chi connectivity index (χ2v) is 5.53. The predicted octanol–water partition coefficient (Wildman–Crippen LogP) is 2.13. The maximum Gasteiger partial charge on any atom is 0.255 e. The van der Waals surface area contributed by atoms with Gasteiger partial charge in [-0.15, -0.1) is 0 Å². The van der Waals surface area contributed by atoms with Crippen molar-refractivity contribution in [3.8, 4) is 5.75 Å². The van der Waals surface area contributed by atoms with E-state index in [4.69, 9.17) is 26.6 Å². The third-order valence-electron chi connectivity index (χ3n) is 2.93. The second-order valence-electron chi connectivity index (χ2n) is 5.12. The normalized spacial score (nSPS) is 10.9. The Morgan fingerprint density at radius 1 is 1.41 bits per heavy atom. The van der Waals surface area contributed by atoms with Crippen LogP contribution < -0.4 is 10.5 Å². The van der Waals surface area contributed by atoms with Crippen LogP contribution in [0, 0.1) is 6.92 Å². The van der Waals surface area contributed by atoms with Crippen LogP contribution in [0.25, 0.3) is 0 Å². The lowest BCUT2D eigenvalue weighted by Gasteiger charge is -2.16. The number of aryl methyl sites for hydroxylation is 1. The van der Waals surface area contributed by atoms with Gasteiger partial charge in [-0.3, -0.25) is 9.69 Å². The molecule has 0 saturated carbocycles. The molecule has 7 heteroatoms. The molecule has 1 aromatic carbocycles. The number of carbonyl (C=O) groups is 1. The summed E-state index contributed by atoms with van der Waals surface area (Å²) in [6.45, 7) is 3.04. The van der Waals surface area contributed by atoms with Crippen molar-refractivity contribution in [2.24, 2.45) is 5.73 Å². The van der Waals surface area contributed by atoms with Gasteiger partial charge in [0, 0.05) is 19.2 Å². The summed E-state index contributed by atoms with van der Waals surface area (Å²) in [4.78, 5) is 12.8. The molecule has 0 spiro atoms. The summed E-state index contributed by atoms with van der Waals surface area (Å²) in [6, 6.07) is 7.34. The van der Waals surface area contributed by atoms with E-state index in [1.54, 1.807) is 6.07 Å². The van der Waals surface area contributed by atoms with Gasteiger partial charge in [0.05, 0.1) is 10.7 Å². The van der Waals surface area contributed by atoms with Gasteiger partial charge in [-0.05, 0) is 31.7 Å². The van der Waals surface area contributed by atoms with Crippen molar-refractivity contribution in [2.75, 3.05) is 13.7 Å². The highest BCUT2D eigenvalue weighted by atomic mass is 35.5. The van der Waals surface area contributed by atoms with E-state index in [1.807, 2.05) is 32.2 Å². The van der Waals surface area contributed by atoms with E-state index in [2.05, 4.69) is 10.1 Å². The maximum absolute atomic E-state index is 10.7. The molecule has 0 aliphatic heterocycles. The highest BCUT2D eigenvalue weighted by Gasteiger charge is 2.09. The molecule has 0 atom stereocenters. The Bertz CT molecular complexity index is 657. The second kappa shape index (κ2) is 7.29. The first-order valence-corrected chi connectivity index (χ1v) is 7.12. The van der Waals surface area contributed by atoms with E-state index in [-0.39, 0.29) is 6.61 Å². The Morgan fingerprint density at radius 3 is 2.77 bits per heavy atom. The monoisotopic (exact) mass is 323 g/mol. The third kappa shape index (κ3) is 4.75. The number of ether oxygens (including phenoxy) is 1. The molecule has 22 heavy (non-hydrogen) atoms. The lowest BCUT2D eigenvalue weighted by Crippen LogP contribution is -2.20. The van der Waals surface area contributed by atoms with E-state index in [9.17, 15) is 4.79 Å². The number of halogens is 1. The van der Waals surface area contributed by atoms with Crippen molar-refractivity contribution in [2.45, 2.75) is 20.0 Å². The molecule has 6 nitrogen and oxygen atoms in total. The summed E-state index contributed by atoms with van der Waals surface area (Å²) >= 11 is 6.14. The lowest BCUT2D eigenvalue weighted by atomic mass is 10.2. The summed E-state index contributed by atoms with van der Waals surface area (Å²) in [5.74, 6) is 0.698. The average molecular weight is 324 g/mol. The number of hydrogen-bond donors (Lipinski definition) is 1. The van der Waals surface area contributed by atoms with Crippen molar-refractivity contribution < 1.29 is 14.1 Å². The Hall–Kier alpha value is -2.05. The number of nitrogens with zero attached hydrogens (tertiary/aromatic N) is 2. The summed E-state index contributed by atoms with van der Waals surface area (Å²) in [7, 11) is 1.98. The fourth-order valence-electron chi connectivity index (χ4n) is 2.05. The molecular formula is C15H18ClN3O3. The van der Waals surface area contributed by atoms with E-state index in [0.29, 0.717) is 23.9 Å². The Morgan fingerprint density at radius 2 is 2.18 bits per heavy atom. The van der Waals surface area contributed by atoms with Gasteiger partial charge in [-0.25, -0.2) is 0 Å². The van der Waals surface area contributed by atoms with Crippen LogP contribution in [0.15, 0.2) is 28.8 Å². The first-order valence-electron chi connectivity index (χ1n) is 6.74. The molecule has 2 aromatic rings. The van der Waals surface area contributed by atoms with Gasteiger partial charge in [0.2, 0.25) is 0 Å². The molecule has 0 radical (unpaired) electrons. The molecule has 0 unspecified atom stereocenters. The van der Waals surface area contributed by atoms with E-state index in [0.717, 1.165) is 17.0 Å². The molecule has 118 valence electrons. The standard InChI is InChI=1S/C15H18ClN3O3/c1-10-5-12(18-22-10)8-19(2)7-11-3-4-14(13(16)6-11)21-9-15(17)20/h3-6H,7-9H2,1-2H3,(H2,17,20). The summed E-state index contributed by atoms with van der Waals surface area (Å²) in [5.41, 5.74) is 6.94. The van der Waals surface area contributed by atoms with Crippen molar-refractivity contribution in [1.82, 2.24) is 10.1 Å². The maximum atomic E-state index is 10.7.